The van der Waals surface area contributed by atoms with Crippen molar-refractivity contribution in [1.82, 2.24) is 15.0 Å². The quantitative estimate of drug-likeness (QED) is 0.692. The molecule has 1 aromatic heterocycles. The number of hydrogen-bond acceptors (Lipinski definition) is 4. The number of carbonyl (C=O) groups is 1. The van der Waals surface area contributed by atoms with E-state index in [4.69, 9.17) is 5.73 Å². The van der Waals surface area contributed by atoms with Crippen LogP contribution in [-0.2, 0) is 13.5 Å². The van der Waals surface area contributed by atoms with Gasteiger partial charge in [-0.1, -0.05) is 17.3 Å². The fourth-order valence-electron chi connectivity index (χ4n) is 1.69. The van der Waals surface area contributed by atoms with E-state index in [1.165, 1.54) is 4.68 Å². The number of nitrogen functional groups attached to an aromatic ring is 1. The van der Waals surface area contributed by atoms with Gasteiger partial charge < -0.3 is 5.73 Å². The van der Waals surface area contributed by atoms with E-state index in [1.54, 1.807) is 7.05 Å². The molecule has 0 atom stereocenters. The number of nitrogens with zero attached hydrogens (tertiary/aromatic N) is 3. The Hall–Kier alpha value is -1.69. The monoisotopic (exact) mass is 308 g/mol. The highest BCUT2D eigenvalue weighted by Crippen LogP contribution is 2.15. The second-order valence-corrected chi connectivity index (χ2v) is 4.77. The summed E-state index contributed by atoms with van der Waals surface area (Å²) in [5, 5.41) is 7.58. The second kappa shape index (κ2) is 5.30. The van der Waals surface area contributed by atoms with Crippen LogP contribution in [0.15, 0.2) is 28.9 Å². The van der Waals surface area contributed by atoms with Crippen LogP contribution < -0.4 is 5.73 Å². The third-order valence-corrected chi connectivity index (χ3v) is 3.20. The molecular weight excluding hydrogens is 296 g/mol. The summed E-state index contributed by atoms with van der Waals surface area (Å²) < 4.78 is 1.97. The highest BCUT2D eigenvalue weighted by atomic mass is 79.9. The van der Waals surface area contributed by atoms with Gasteiger partial charge in [-0.05, 0) is 40.0 Å². The van der Waals surface area contributed by atoms with Crippen molar-refractivity contribution >= 4 is 27.4 Å². The van der Waals surface area contributed by atoms with Crippen LogP contribution in [0, 0.1) is 0 Å². The first-order valence-corrected chi connectivity index (χ1v) is 6.30. The van der Waals surface area contributed by atoms with Crippen LogP contribution in [0.25, 0.3) is 0 Å². The zero-order valence-corrected chi connectivity index (χ0v) is 11.5. The van der Waals surface area contributed by atoms with Crippen LogP contribution in [-0.4, -0.2) is 20.8 Å². The van der Waals surface area contributed by atoms with Gasteiger partial charge in [-0.2, -0.15) is 0 Å². The standard InChI is InChI=1S/C12H13BrN4O/c1-17-11(12(13)15-16-17)10(18)7-4-8-2-5-9(14)6-3-8/h2-3,5-6H,4,7,14H2,1H3. The molecule has 2 N–H and O–H groups in total. The van der Waals surface area contributed by atoms with Crippen molar-refractivity contribution < 1.29 is 4.79 Å². The van der Waals surface area contributed by atoms with Gasteiger partial charge in [0.1, 0.15) is 5.69 Å². The Bertz CT molecular complexity index is 542. The lowest BCUT2D eigenvalue weighted by Gasteiger charge is -2.02. The van der Waals surface area contributed by atoms with E-state index in [9.17, 15) is 4.79 Å². The maximum atomic E-state index is 12.0. The molecule has 18 heavy (non-hydrogen) atoms. The minimum Gasteiger partial charge on any atom is -0.399 e. The van der Waals surface area contributed by atoms with Crippen LogP contribution in [0.2, 0.25) is 0 Å². The van der Waals surface area contributed by atoms with E-state index < -0.39 is 0 Å². The Morgan fingerprint density at radius 2 is 2.06 bits per heavy atom. The van der Waals surface area contributed by atoms with E-state index in [-0.39, 0.29) is 5.78 Å². The number of Topliss-reactive ketones (excluding diaryl/α,β-unsaturated/α-hetero) is 1. The summed E-state index contributed by atoms with van der Waals surface area (Å²) in [5.41, 5.74) is 7.92. The van der Waals surface area contributed by atoms with Crippen LogP contribution in [0.5, 0.6) is 0 Å². The molecule has 0 aliphatic carbocycles. The Labute approximate surface area is 113 Å². The number of hydrogen-bond donors (Lipinski definition) is 1. The highest BCUT2D eigenvalue weighted by Gasteiger charge is 2.16. The summed E-state index contributed by atoms with van der Waals surface area (Å²) in [5.74, 6) is 0.0196. The van der Waals surface area contributed by atoms with Gasteiger partial charge in [0.2, 0.25) is 0 Å². The summed E-state index contributed by atoms with van der Waals surface area (Å²) in [6.45, 7) is 0. The zero-order chi connectivity index (χ0) is 13.1. The van der Waals surface area contributed by atoms with Gasteiger partial charge in [0.05, 0.1) is 0 Å². The number of aromatic nitrogens is 3. The molecule has 0 spiro atoms. The van der Waals surface area contributed by atoms with E-state index in [2.05, 4.69) is 26.2 Å². The maximum absolute atomic E-state index is 12.0. The molecule has 2 rings (SSSR count). The number of ketones is 1. The molecule has 2 aromatic rings. The molecule has 0 saturated heterocycles. The number of carbonyl (C=O) groups excluding carboxylic acids is 1. The molecule has 1 aromatic carbocycles. The summed E-state index contributed by atoms with van der Waals surface area (Å²) >= 11 is 3.22. The molecule has 0 saturated carbocycles. The molecule has 1 heterocycles. The fourth-order valence-corrected chi connectivity index (χ4v) is 2.24. The molecule has 0 aliphatic rings. The van der Waals surface area contributed by atoms with Gasteiger partial charge in [0.15, 0.2) is 10.4 Å². The lowest BCUT2D eigenvalue weighted by molar-refractivity contribution is 0.0973. The molecule has 94 valence electrons. The fraction of sp³-hybridized carbons (Fsp3) is 0.250. The predicted octanol–water partition coefficient (Wildman–Crippen LogP) is 1.98. The average molecular weight is 309 g/mol. The Morgan fingerprint density at radius 3 is 2.61 bits per heavy atom. The smallest absolute Gasteiger partial charge is 0.184 e. The maximum Gasteiger partial charge on any atom is 0.184 e. The summed E-state index contributed by atoms with van der Waals surface area (Å²) in [7, 11) is 1.70. The number of halogens is 1. The number of benzene rings is 1. The number of rotatable bonds is 4. The highest BCUT2D eigenvalue weighted by molar-refractivity contribution is 9.10. The molecule has 0 amide bonds. The Morgan fingerprint density at radius 1 is 1.39 bits per heavy atom. The zero-order valence-electron chi connectivity index (χ0n) is 9.93. The Kier molecular flexibility index (Phi) is 3.76. The molecule has 0 radical (unpaired) electrons. The van der Waals surface area contributed by atoms with Crippen LogP contribution in [0.4, 0.5) is 5.69 Å². The number of aryl methyl sites for hydroxylation is 2. The first kappa shape index (κ1) is 12.8. The first-order valence-electron chi connectivity index (χ1n) is 5.50. The lowest BCUT2D eigenvalue weighted by Crippen LogP contribution is -2.08. The molecule has 0 fully saturated rings. The summed E-state index contributed by atoms with van der Waals surface area (Å²) in [6, 6.07) is 7.53. The van der Waals surface area contributed by atoms with E-state index >= 15 is 0 Å². The van der Waals surface area contributed by atoms with Crippen molar-refractivity contribution in [2.75, 3.05) is 5.73 Å². The van der Waals surface area contributed by atoms with E-state index in [1.807, 2.05) is 24.3 Å². The molecule has 0 bridgehead atoms. The van der Waals surface area contributed by atoms with Crippen molar-refractivity contribution in [3.8, 4) is 0 Å². The summed E-state index contributed by atoms with van der Waals surface area (Å²) in [4.78, 5) is 12.0. The molecular formula is C12H13BrN4O. The van der Waals surface area contributed by atoms with Gasteiger partial charge in [-0.3, -0.25) is 4.79 Å². The van der Waals surface area contributed by atoms with Gasteiger partial charge in [0.25, 0.3) is 0 Å². The van der Waals surface area contributed by atoms with Crippen LogP contribution in [0.3, 0.4) is 0 Å². The molecule has 5 nitrogen and oxygen atoms in total. The predicted molar refractivity (Wildman–Crippen MR) is 72.2 cm³/mol. The Balaban J connectivity index is 2.03. The average Bonchev–Trinajstić information content (AvgIpc) is 2.68. The van der Waals surface area contributed by atoms with Crippen molar-refractivity contribution in [2.45, 2.75) is 12.8 Å². The van der Waals surface area contributed by atoms with Crippen molar-refractivity contribution in [1.29, 1.82) is 0 Å². The normalized spacial score (nSPS) is 10.6. The third kappa shape index (κ3) is 2.76. The van der Waals surface area contributed by atoms with Crippen molar-refractivity contribution in [2.24, 2.45) is 7.05 Å². The molecule has 6 heteroatoms. The number of anilines is 1. The van der Waals surface area contributed by atoms with Gasteiger partial charge >= 0.3 is 0 Å². The van der Waals surface area contributed by atoms with Crippen LogP contribution in [0.1, 0.15) is 22.5 Å². The topological polar surface area (TPSA) is 73.8 Å². The largest absolute Gasteiger partial charge is 0.399 e. The van der Waals surface area contributed by atoms with E-state index in [0.717, 1.165) is 11.3 Å². The van der Waals surface area contributed by atoms with Gasteiger partial charge in [-0.25, -0.2) is 4.68 Å². The minimum absolute atomic E-state index is 0.0196. The van der Waals surface area contributed by atoms with Crippen LogP contribution >= 0.6 is 15.9 Å². The summed E-state index contributed by atoms with van der Waals surface area (Å²) in [6.07, 6.45) is 1.10. The first-order chi connectivity index (χ1) is 8.58. The molecule has 0 aliphatic heterocycles. The lowest BCUT2D eigenvalue weighted by atomic mass is 10.1. The van der Waals surface area contributed by atoms with Gasteiger partial charge in [0, 0.05) is 19.2 Å². The third-order valence-electron chi connectivity index (χ3n) is 2.67. The van der Waals surface area contributed by atoms with E-state index in [0.29, 0.717) is 23.1 Å². The van der Waals surface area contributed by atoms with Gasteiger partial charge in [-0.15, -0.1) is 5.10 Å². The SMILES string of the molecule is Cn1nnc(Br)c1C(=O)CCc1ccc(N)cc1. The number of nitrogens with two attached hydrogens (primary N) is 1. The second-order valence-electron chi connectivity index (χ2n) is 4.02. The van der Waals surface area contributed by atoms with Crippen molar-refractivity contribution in [3.63, 3.8) is 0 Å². The molecule has 0 unspecified atom stereocenters. The van der Waals surface area contributed by atoms with Crippen molar-refractivity contribution in [3.05, 3.63) is 40.1 Å². The minimum atomic E-state index is 0.0196.